The summed E-state index contributed by atoms with van der Waals surface area (Å²) in [5, 5.41) is 12.1. The summed E-state index contributed by atoms with van der Waals surface area (Å²) in [6, 6.07) is 5.32. The van der Waals surface area contributed by atoms with Gasteiger partial charge in [0, 0.05) is 53.8 Å². The monoisotopic (exact) mass is 344 g/mol. The number of nitrogens with one attached hydrogen (secondary N) is 2. The number of hydrogen-bond acceptors (Lipinski definition) is 4. The van der Waals surface area contributed by atoms with E-state index in [4.69, 9.17) is 16.0 Å². The second-order valence-corrected chi connectivity index (χ2v) is 6.41. The minimum Gasteiger partial charge on any atom is -0.451 e. The van der Waals surface area contributed by atoms with Crippen molar-refractivity contribution >= 4 is 34.3 Å². The van der Waals surface area contributed by atoms with Crippen LogP contribution in [0.3, 0.4) is 0 Å². The average molecular weight is 345 g/mol. The molecule has 0 spiro atoms. The highest BCUT2D eigenvalue weighted by atomic mass is 35.5. The first-order chi connectivity index (χ1) is 11.5. The SMILES string of the molecule is Cc1c(C(=O)Nc2nn(C)c3c2CNCC3)oc2ccc(Cl)cc12. The third kappa shape index (κ3) is 2.39. The van der Waals surface area contributed by atoms with E-state index in [1.807, 2.05) is 18.7 Å². The van der Waals surface area contributed by atoms with Gasteiger partial charge in [-0.15, -0.1) is 0 Å². The summed E-state index contributed by atoms with van der Waals surface area (Å²) >= 11 is 6.03. The molecule has 0 bridgehead atoms. The van der Waals surface area contributed by atoms with Gasteiger partial charge in [-0.05, 0) is 25.1 Å². The van der Waals surface area contributed by atoms with Gasteiger partial charge in [0.1, 0.15) is 5.58 Å². The molecule has 0 aliphatic carbocycles. The summed E-state index contributed by atoms with van der Waals surface area (Å²) in [4.78, 5) is 12.7. The van der Waals surface area contributed by atoms with Crippen LogP contribution in [0.2, 0.25) is 5.02 Å². The van der Waals surface area contributed by atoms with Crippen molar-refractivity contribution < 1.29 is 9.21 Å². The van der Waals surface area contributed by atoms with Crippen LogP contribution in [0.5, 0.6) is 0 Å². The van der Waals surface area contributed by atoms with Crippen molar-refractivity contribution in [2.75, 3.05) is 11.9 Å². The molecule has 0 atom stereocenters. The number of amides is 1. The van der Waals surface area contributed by atoms with E-state index >= 15 is 0 Å². The molecule has 1 aliphatic heterocycles. The van der Waals surface area contributed by atoms with Crippen LogP contribution in [0.1, 0.15) is 27.4 Å². The first-order valence-corrected chi connectivity index (χ1v) is 8.18. The lowest BCUT2D eigenvalue weighted by atomic mass is 10.1. The van der Waals surface area contributed by atoms with E-state index in [2.05, 4.69) is 15.7 Å². The molecule has 2 N–H and O–H groups in total. The van der Waals surface area contributed by atoms with Crippen LogP contribution in [-0.2, 0) is 20.0 Å². The predicted octanol–water partition coefficient (Wildman–Crippen LogP) is 3.03. The van der Waals surface area contributed by atoms with Gasteiger partial charge in [0.25, 0.3) is 5.91 Å². The molecule has 2 aromatic heterocycles. The minimum absolute atomic E-state index is 0.287. The van der Waals surface area contributed by atoms with Gasteiger partial charge in [-0.25, -0.2) is 0 Å². The highest BCUT2D eigenvalue weighted by Gasteiger charge is 2.23. The van der Waals surface area contributed by atoms with Crippen molar-refractivity contribution in [1.82, 2.24) is 15.1 Å². The number of anilines is 1. The van der Waals surface area contributed by atoms with E-state index in [-0.39, 0.29) is 11.7 Å². The van der Waals surface area contributed by atoms with E-state index in [1.165, 1.54) is 0 Å². The molecule has 0 radical (unpaired) electrons. The maximum absolute atomic E-state index is 12.7. The van der Waals surface area contributed by atoms with Gasteiger partial charge in [-0.1, -0.05) is 11.6 Å². The third-order valence-electron chi connectivity index (χ3n) is 4.45. The Kier molecular flexibility index (Phi) is 3.58. The maximum atomic E-state index is 12.7. The smallest absolute Gasteiger partial charge is 0.292 e. The lowest BCUT2D eigenvalue weighted by Gasteiger charge is -2.14. The molecule has 1 aromatic carbocycles. The van der Waals surface area contributed by atoms with Crippen molar-refractivity contribution in [3.63, 3.8) is 0 Å². The molecule has 0 unspecified atom stereocenters. The second kappa shape index (κ2) is 5.65. The van der Waals surface area contributed by atoms with Crippen molar-refractivity contribution in [1.29, 1.82) is 0 Å². The molecule has 3 heterocycles. The molecule has 1 amide bonds. The molecule has 0 saturated carbocycles. The zero-order valence-electron chi connectivity index (χ0n) is 13.4. The number of carbonyl (C=O) groups is 1. The standard InChI is InChI=1S/C17H17ClN4O2/c1-9-11-7-10(18)3-4-14(11)24-15(9)17(23)20-16-12-8-19-6-5-13(12)22(2)21-16/h3-4,7,19H,5-6,8H2,1-2H3,(H,20,21,23). The Morgan fingerprint density at radius 2 is 2.29 bits per heavy atom. The van der Waals surface area contributed by atoms with Gasteiger partial charge in [-0.2, -0.15) is 5.10 Å². The van der Waals surface area contributed by atoms with E-state index in [9.17, 15) is 4.79 Å². The number of aryl methyl sites for hydroxylation is 2. The van der Waals surface area contributed by atoms with Gasteiger partial charge >= 0.3 is 0 Å². The van der Waals surface area contributed by atoms with Crippen molar-refractivity contribution in [3.05, 3.63) is 45.8 Å². The van der Waals surface area contributed by atoms with Crippen molar-refractivity contribution in [3.8, 4) is 0 Å². The van der Waals surface area contributed by atoms with Crippen LogP contribution in [-0.4, -0.2) is 22.2 Å². The Hall–Kier alpha value is -2.31. The Morgan fingerprint density at radius 1 is 1.46 bits per heavy atom. The summed E-state index contributed by atoms with van der Waals surface area (Å²) in [5.41, 5.74) is 3.60. The summed E-state index contributed by atoms with van der Waals surface area (Å²) in [6.45, 7) is 3.48. The number of halogens is 1. The zero-order chi connectivity index (χ0) is 16.8. The molecular formula is C17H17ClN4O2. The molecule has 3 aromatic rings. The second-order valence-electron chi connectivity index (χ2n) is 5.98. The molecule has 24 heavy (non-hydrogen) atoms. The quantitative estimate of drug-likeness (QED) is 0.749. The largest absolute Gasteiger partial charge is 0.451 e. The van der Waals surface area contributed by atoms with E-state index in [1.54, 1.807) is 18.2 Å². The summed E-state index contributed by atoms with van der Waals surface area (Å²) in [5.74, 6) is 0.573. The number of furan rings is 1. The van der Waals surface area contributed by atoms with Gasteiger partial charge in [-0.3, -0.25) is 9.48 Å². The highest BCUT2D eigenvalue weighted by molar-refractivity contribution is 6.31. The summed E-state index contributed by atoms with van der Waals surface area (Å²) < 4.78 is 7.55. The Balaban J connectivity index is 1.69. The molecule has 0 fully saturated rings. The molecule has 0 saturated heterocycles. The van der Waals surface area contributed by atoms with Crippen LogP contribution in [0.25, 0.3) is 11.0 Å². The lowest BCUT2D eigenvalue weighted by molar-refractivity contribution is 0.0997. The number of carbonyl (C=O) groups excluding carboxylic acids is 1. The van der Waals surface area contributed by atoms with E-state index in [0.717, 1.165) is 35.2 Å². The molecule has 6 nitrogen and oxygen atoms in total. The van der Waals surface area contributed by atoms with Gasteiger partial charge in [0.2, 0.25) is 0 Å². The summed E-state index contributed by atoms with van der Waals surface area (Å²) in [6.07, 6.45) is 0.900. The number of benzene rings is 1. The topological polar surface area (TPSA) is 72.1 Å². The van der Waals surface area contributed by atoms with Crippen LogP contribution in [0, 0.1) is 6.92 Å². The lowest BCUT2D eigenvalue weighted by Crippen LogP contribution is -2.25. The maximum Gasteiger partial charge on any atom is 0.292 e. The van der Waals surface area contributed by atoms with Crippen molar-refractivity contribution in [2.45, 2.75) is 19.9 Å². The molecular weight excluding hydrogens is 328 g/mol. The number of aromatic nitrogens is 2. The fraction of sp³-hybridized carbons (Fsp3) is 0.294. The third-order valence-corrected chi connectivity index (χ3v) is 4.69. The zero-order valence-corrected chi connectivity index (χ0v) is 14.2. The van der Waals surface area contributed by atoms with E-state index in [0.29, 0.717) is 23.0 Å². The average Bonchev–Trinajstić information content (AvgIpc) is 3.06. The Labute approximate surface area is 143 Å². The first kappa shape index (κ1) is 15.2. The van der Waals surface area contributed by atoms with Gasteiger partial charge in [0.05, 0.1) is 0 Å². The molecule has 4 rings (SSSR count). The summed E-state index contributed by atoms with van der Waals surface area (Å²) in [7, 11) is 1.90. The highest BCUT2D eigenvalue weighted by Crippen LogP contribution is 2.29. The molecule has 124 valence electrons. The minimum atomic E-state index is -0.300. The first-order valence-electron chi connectivity index (χ1n) is 7.80. The number of rotatable bonds is 2. The Bertz CT molecular complexity index is 957. The van der Waals surface area contributed by atoms with E-state index < -0.39 is 0 Å². The fourth-order valence-corrected chi connectivity index (χ4v) is 3.37. The van der Waals surface area contributed by atoms with Gasteiger partial charge < -0.3 is 15.1 Å². The van der Waals surface area contributed by atoms with Crippen LogP contribution in [0.4, 0.5) is 5.82 Å². The van der Waals surface area contributed by atoms with Gasteiger partial charge in [0.15, 0.2) is 11.6 Å². The van der Waals surface area contributed by atoms with Crippen LogP contribution < -0.4 is 10.6 Å². The number of nitrogens with zero attached hydrogens (tertiary/aromatic N) is 2. The van der Waals surface area contributed by atoms with Crippen molar-refractivity contribution in [2.24, 2.45) is 7.05 Å². The normalized spacial score (nSPS) is 14.0. The number of hydrogen-bond donors (Lipinski definition) is 2. The fourth-order valence-electron chi connectivity index (χ4n) is 3.20. The van der Waals surface area contributed by atoms with Crippen LogP contribution >= 0.6 is 11.6 Å². The number of fused-ring (bicyclic) bond motifs is 2. The molecule has 7 heteroatoms. The predicted molar refractivity (Wildman–Crippen MR) is 92.5 cm³/mol. The van der Waals surface area contributed by atoms with Crippen LogP contribution in [0.15, 0.2) is 22.6 Å². The Morgan fingerprint density at radius 3 is 3.12 bits per heavy atom. The molecule has 1 aliphatic rings.